The lowest BCUT2D eigenvalue weighted by atomic mass is 9.99. The molecule has 0 fully saturated rings. The zero-order chi connectivity index (χ0) is 26.0. The van der Waals surface area contributed by atoms with E-state index in [0.717, 1.165) is 11.1 Å². The van der Waals surface area contributed by atoms with Crippen LogP contribution >= 0.6 is 0 Å². The number of amides is 3. The maximum absolute atomic E-state index is 13.5. The van der Waals surface area contributed by atoms with Gasteiger partial charge in [0, 0.05) is 26.3 Å². The molecule has 0 aliphatic heterocycles. The highest BCUT2D eigenvalue weighted by atomic mass is 19.1. The van der Waals surface area contributed by atoms with E-state index >= 15 is 0 Å². The molecule has 35 heavy (non-hydrogen) atoms. The zero-order valence-corrected chi connectivity index (χ0v) is 20.1. The number of rotatable bonds is 12. The Balaban J connectivity index is 2.16. The Bertz CT molecular complexity index is 1090. The lowest BCUT2D eigenvalue weighted by molar-refractivity contribution is -0.132. The molecule has 0 spiro atoms. The van der Waals surface area contributed by atoms with Gasteiger partial charge in [-0.1, -0.05) is 35.9 Å². The predicted molar refractivity (Wildman–Crippen MR) is 130 cm³/mol. The van der Waals surface area contributed by atoms with Crippen molar-refractivity contribution in [1.29, 1.82) is 5.41 Å². The van der Waals surface area contributed by atoms with Crippen molar-refractivity contribution in [3.8, 4) is 0 Å². The molecule has 0 aromatic heterocycles. The Labute approximate surface area is 204 Å². The summed E-state index contributed by atoms with van der Waals surface area (Å²) in [6, 6.07) is 9.67. The minimum Gasteiger partial charge on any atom is -0.350 e. The van der Waals surface area contributed by atoms with Crippen molar-refractivity contribution in [2.45, 2.75) is 58.7 Å². The molecule has 0 saturated heterocycles. The van der Waals surface area contributed by atoms with E-state index in [1.54, 1.807) is 13.0 Å². The van der Waals surface area contributed by atoms with Crippen LogP contribution in [-0.4, -0.2) is 41.8 Å². The highest BCUT2D eigenvalue weighted by Crippen LogP contribution is 2.13. The first-order valence-corrected chi connectivity index (χ1v) is 11.3. The second kappa shape index (κ2) is 13.1. The number of hydrogen-bond donors (Lipinski definition) is 4. The number of benzene rings is 2. The van der Waals surface area contributed by atoms with Crippen molar-refractivity contribution >= 4 is 29.7 Å². The number of Topliss-reactive ketones (excluding diaryl/α,β-unsaturated/α-hetero) is 1. The summed E-state index contributed by atoms with van der Waals surface area (Å²) in [5.41, 5.74) is 3.24. The molecule has 0 bridgehead atoms. The van der Waals surface area contributed by atoms with E-state index < -0.39 is 41.4 Å². The average Bonchev–Trinajstić information content (AvgIpc) is 2.81. The molecule has 0 radical (unpaired) electrons. The number of ketones is 1. The van der Waals surface area contributed by atoms with Gasteiger partial charge >= 0.3 is 0 Å². The van der Waals surface area contributed by atoms with Crippen molar-refractivity contribution in [2.24, 2.45) is 0 Å². The molecule has 0 aliphatic rings. The van der Waals surface area contributed by atoms with Crippen LogP contribution in [0, 0.1) is 25.1 Å². The van der Waals surface area contributed by atoms with E-state index in [1.165, 1.54) is 19.1 Å². The SMILES string of the molecule is CC(=O)N[C@@H](Cc1ccc(F)cc1C)C(=O)N[C@@H](CCC(=O)C=N)C(=O)NCc1ccc(C)cc1. The van der Waals surface area contributed by atoms with Gasteiger partial charge < -0.3 is 21.4 Å². The molecule has 3 amide bonds. The van der Waals surface area contributed by atoms with E-state index in [1.807, 2.05) is 31.2 Å². The fourth-order valence-electron chi connectivity index (χ4n) is 3.48. The number of hydrogen-bond acceptors (Lipinski definition) is 5. The summed E-state index contributed by atoms with van der Waals surface area (Å²) < 4.78 is 13.5. The van der Waals surface area contributed by atoms with Crippen LogP contribution in [0.2, 0.25) is 0 Å². The molecule has 4 N–H and O–H groups in total. The highest BCUT2D eigenvalue weighted by molar-refractivity contribution is 6.26. The van der Waals surface area contributed by atoms with Crippen LogP contribution in [-0.2, 0) is 32.1 Å². The van der Waals surface area contributed by atoms with Crippen LogP contribution in [0.4, 0.5) is 4.39 Å². The molecule has 9 heteroatoms. The number of halogens is 1. The number of carbonyl (C=O) groups is 4. The lowest BCUT2D eigenvalue weighted by Gasteiger charge is -2.23. The summed E-state index contributed by atoms with van der Waals surface area (Å²) in [5, 5.41) is 15.0. The van der Waals surface area contributed by atoms with Crippen LogP contribution in [0.25, 0.3) is 0 Å². The third-order valence-electron chi connectivity index (χ3n) is 5.48. The maximum Gasteiger partial charge on any atom is 0.243 e. The van der Waals surface area contributed by atoms with Gasteiger partial charge in [0.2, 0.25) is 17.7 Å². The normalized spacial score (nSPS) is 12.2. The lowest BCUT2D eigenvalue weighted by Crippen LogP contribution is -2.54. The van der Waals surface area contributed by atoms with Gasteiger partial charge in [-0.3, -0.25) is 19.2 Å². The monoisotopic (exact) mass is 482 g/mol. The second-order valence-corrected chi connectivity index (χ2v) is 8.44. The van der Waals surface area contributed by atoms with Gasteiger partial charge in [0.15, 0.2) is 5.78 Å². The first-order chi connectivity index (χ1) is 16.6. The topological polar surface area (TPSA) is 128 Å². The molecule has 2 aromatic carbocycles. The van der Waals surface area contributed by atoms with Crippen LogP contribution in [0.3, 0.4) is 0 Å². The molecule has 2 aromatic rings. The van der Waals surface area contributed by atoms with Gasteiger partial charge in [0.1, 0.15) is 17.9 Å². The molecular formula is C26H31FN4O4. The fraction of sp³-hybridized carbons (Fsp3) is 0.346. The van der Waals surface area contributed by atoms with Gasteiger partial charge in [0.25, 0.3) is 0 Å². The minimum atomic E-state index is -1.05. The number of nitrogens with one attached hydrogen (secondary N) is 4. The second-order valence-electron chi connectivity index (χ2n) is 8.44. The van der Waals surface area contributed by atoms with E-state index in [0.29, 0.717) is 17.3 Å². The molecular weight excluding hydrogens is 451 g/mol. The quantitative estimate of drug-likeness (QED) is 0.346. The largest absolute Gasteiger partial charge is 0.350 e. The summed E-state index contributed by atoms with van der Waals surface area (Å²) >= 11 is 0. The molecule has 186 valence electrons. The summed E-state index contributed by atoms with van der Waals surface area (Å²) in [6.45, 7) is 5.15. The van der Waals surface area contributed by atoms with E-state index in [2.05, 4.69) is 16.0 Å². The summed E-state index contributed by atoms with van der Waals surface area (Å²) in [6.07, 6.45) is 0.644. The van der Waals surface area contributed by atoms with E-state index in [-0.39, 0.29) is 25.8 Å². The van der Waals surface area contributed by atoms with E-state index in [9.17, 15) is 23.6 Å². The third kappa shape index (κ3) is 9.11. The molecule has 0 saturated carbocycles. The standard InChI is InChI=1S/C26H31FN4O4/c1-16-4-6-19(7-5-16)15-29-25(34)23(11-10-22(33)14-28)31-26(35)24(30-18(3)32)13-20-8-9-21(27)12-17(20)2/h4-9,12,14,23-24,28H,10-11,13,15H2,1-3H3,(H,29,34)(H,30,32)(H,31,35)/t23-,24-/m0/s1. The van der Waals surface area contributed by atoms with Crippen LogP contribution in [0.5, 0.6) is 0 Å². The Morgan fingerprint density at radius 3 is 2.26 bits per heavy atom. The van der Waals surface area contributed by atoms with E-state index in [4.69, 9.17) is 5.41 Å². The highest BCUT2D eigenvalue weighted by Gasteiger charge is 2.27. The Morgan fingerprint density at radius 2 is 1.66 bits per heavy atom. The Kier molecular flexibility index (Phi) is 10.3. The molecule has 0 aliphatic carbocycles. The predicted octanol–water partition coefficient (Wildman–Crippen LogP) is 2.29. The van der Waals surface area contributed by atoms with Crippen LogP contribution in [0.1, 0.15) is 42.0 Å². The Morgan fingerprint density at radius 1 is 0.971 bits per heavy atom. The van der Waals surface area contributed by atoms with Crippen molar-refractivity contribution in [1.82, 2.24) is 16.0 Å². The van der Waals surface area contributed by atoms with Gasteiger partial charge in [-0.25, -0.2) is 4.39 Å². The minimum absolute atomic E-state index is 0.0119. The van der Waals surface area contributed by atoms with Gasteiger partial charge in [-0.2, -0.15) is 0 Å². The van der Waals surface area contributed by atoms with Crippen molar-refractivity contribution < 1.29 is 23.6 Å². The number of carbonyl (C=O) groups excluding carboxylic acids is 4. The molecule has 2 rings (SSSR count). The summed E-state index contributed by atoms with van der Waals surface area (Å²) in [7, 11) is 0. The number of aryl methyl sites for hydroxylation is 2. The molecule has 8 nitrogen and oxygen atoms in total. The van der Waals surface area contributed by atoms with Gasteiger partial charge in [-0.05, 0) is 49.1 Å². The first kappa shape index (κ1) is 27.4. The zero-order valence-electron chi connectivity index (χ0n) is 20.1. The average molecular weight is 483 g/mol. The molecule has 0 heterocycles. The molecule has 0 unspecified atom stereocenters. The summed E-state index contributed by atoms with van der Waals surface area (Å²) in [5.74, 6) is -2.42. The van der Waals surface area contributed by atoms with Crippen LogP contribution < -0.4 is 16.0 Å². The summed E-state index contributed by atoms with van der Waals surface area (Å²) in [4.78, 5) is 49.4. The van der Waals surface area contributed by atoms with Crippen molar-refractivity contribution in [2.75, 3.05) is 0 Å². The first-order valence-electron chi connectivity index (χ1n) is 11.3. The third-order valence-corrected chi connectivity index (χ3v) is 5.48. The fourth-order valence-corrected chi connectivity index (χ4v) is 3.48. The van der Waals surface area contributed by atoms with Gasteiger partial charge in [0.05, 0.1) is 6.21 Å². The van der Waals surface area contributed by atoms with Gasteiger partial charge in [-0.15, -0.1) is 0 Å². The van der Waals surface area contributed by atoms with Crippen molar-refractivity contribution in [3.63, 3.8) is 0 Å². The Hall–Kier alpha value is -3.88. The van der Waals surface area contributed by atoms with Crippen molar-refractivity contribution in [3.05, 3.63) is 70.5 Å². The smallest absolute Gasteiger partial charge is 0.243 e. The van der Waals surface area contributed by atoms with Crippen LogP contribution in [0.15, 0.2) is 42.5 Å². The molecule has 2 atom stereocenters. The maximum atomic E-state index is 13.5.